The Morgan fingerprint density at radius 3 is 2.19 bits per heavy atom. The molecule has 0 aliphatic rings. The van der Waals surface area contributed by atoms with Gasteiger partial charge in [0.15, 0.2) is 0 Å². The van der Waals surface area contributed by atoms with Crippen molar-refractivity contribution < 1.29 is 0 Å². The third-order valence-corrected chi connectivity index (χ3v) is 5.83. The van der Waals surface area contributed by atoms with Crippen molar-refractivity contribution in [1.82, 2.24) is 4.98 Å². The largest absolute Gasteiger partial charge is 0.353 e. The highest BCUT2D eigenvalue weighted by Crippen LogP contribution is 2.43. The third-order valence-electron chi connectivity index (χ3n) is 5.20. The molecule has 0 unspecified atom stereocenters. The lowest BCUT2D eigenvalue weighted by molar-refractivity contribution is 0.591. The fourth-order valence-corrected chi connectivity index (χ4v) is 4.20. The molecule has 2 heteroatoms. The monoisotopic (exact) mass is 417 g/mol. The molecule has 27 heavy (non-hydrogen) atoms. The Morgan fingerprint density at radius 1 is 0.852 bits per heavy atom. The molecular formula is C25H24BrN. The molecule has 4 aromatic rings. The minimum Gasteiger partial charge on any atom is -0.353 e. The lowest BCUT2D eigenvalue weighted by Gasteiger charge is -2.20. The first kappa shape index (κ1) is 18.1. The summed E-state index contributed by atoms with van der Waals surface area (Å²) in [4.78, 5) is 3.71. The number of benzene rings is 3. The van der Waals surface area contributed by atoms with E-state index in [1.54, 1.807) is 0 Å². The summed E-state index contributed by atoms with van der Waals surface area (Å²) < 4.78 is 1.11. The van der Waals surface area contributed by atoms with Crippen LogP contribution in [-0.2, 0) is 5.41 Å². The number of nitrogens with one attached hydrogen (secondary N) is 1. The van der Waals surface area contributed by atoms with Crippen LogP contribution in [0.15, 0.2) is 71.2 Å². The third kappa shape index (κ3) is 3.23. The van der Waals surface area contributed by atoms with E-state index in [9.17, 15) is 0 Å². The van der Waals surface area contributed by atoms with Crippen molar-refractivity contribution in [2.45, 2.75) is 33.1 Å². The van der Waals surface area contributed by atoms with E-state index < -0.39 is 0 Å². The van der Waals surface area contributed by atoms with Crippen molar-refractivity contribution in [2.24, 2.45) is 0 Å². The molecule has 1 N–H and O–H groups in total. The van der Waals surface area contributed by atoms with Gasteiger partial charge < -0.3 is 4.98 Å². The fraction of sp³-hybridized carbons (Fsp3) is 0.200. The maximum Gasteiger partial charge on any atom is 0.0609 e. The molecule has 0 radical (unpaired) electrons. The van der Waals surface area contributed by atoms with Crippen LogP contribution in [-0.4, -0.2) is 4.98 Å². The van der Waals surface area contributed by atoms with Crippen molar-refractivity contribution >= 4 is 26.8 Å². The van der Waals surface area contributed by atoms with E-state index >= 15 is 0 Å². The van der Waals surface area contributed by atoms with Gasteiger partial charge in [0, 0.05) is 15.4 Å². The predicted octanol–water partition coefficient (Wildman–Crippen LogP) is 7.87. The van der Waals surface area contributed by atoms with Crippen LogP contribution < -0.4 is 0 Å². The Kier molecular flexibility index (Phi) is 4.47. The Hall–Kier alpha value is -2.32. The average molecular weight is 418 g/mol. The smallest absolute Gasteiger partial charge is 0.0609 e. The Bertz CT molecular complexity index is 1110. The number of fused-ring (bicyclic) bond motifs is 1. The SMILES string of the molecule is Cc1ccccc1-c1c(-c2ccccc2)[nH]c2c(Br)cc(C(C)(C)C)cc12. The van der Waals surface area contributed by atoms with Crippen molar-refractivity contribution in [2.75, 3.05) is 0 Å². The minimum absolute atomic E-state index is 0.0872. The lowest BCUT2D eigenvalue weighted by atomic mass is 9.85. The summed E-state index contributed by atoms with van der Waals surface area (Å²) in [5.74, 6) is 0. The zero-order valence-corrected chi connectivity index (χ0v) is 17.8. The van der Waals surface area contributed by atoms with Crippen LogP contribution >= 0.6 is 15.9 Å². The molecule has 0 saturated carbocycles. The predicted molar refractivity (Wildman–Crippen MR) is 120 cm³/mol. The summed E-state index contributed by atoms with van der Waals surface area (Å²) >= 11 is 3.82. The maximum absolute atomic E-state index is 3.82. The van der Waals surface area contributed by atoms with E-state index in [0.717, 1.165) is 9.99 Å². The molecule has 0 saturated heterocycles. The van der Waals surface area contributed by atoms with Gasteiger partial charge in [0.25, 0.3) is 0 Å². The Morgan fingerprint density at radius 2 is 1.52 bits per heavy atom. The van der Waals surface area contributed by atoms with Gasteiger partial charge in [-0.05, 0) is 62.7 Å². The topological polar surface area (TPSA) is 15.8 Å². The molecule has 4 rings (SSSR count). The van der Waals surface area contributed by atoms with E-state index in [4.69, 9.17) is 0 Å². The summed E-state index contributed by atoms with van der Waals surface area (Å²) in [6.45, 7) is 8.97. The van der Waals surface area contributed by atoms with Crippen LogP contribution in [0.1, 0.15) is 31.9 Å². The van der Waals surface area contributed by atoms with E-state index in [0.29, 0.717) is 0 Å². The van der Waals surface area contributed by atoms with Gasteiger partial charge >= 0.3 is 0 Å². The average Bonchev–Trinajstić information content (AvgIpc) is 3.02. The van der Waals surface area contributed by atoms with Crippen LogP contribution in [0.4, 0.5) is 0 Å². The lowest BCUT2D eigenvalue weighted by Crippen LogP contribution is -2.10. The van der Waals surface area contributed by atoms with Gasteiger partial charge in [-0.15, -0.1) is 0 Å². The van der Waals surface area contributed by atoms with Gasteiger partial charge in [0.2, 0.25) is 0 Å². The molecule has 0 bridgehead atoms. The fourth-order valence-electron chi connectivity index (χ4n) is 3.64. The highest BCUT2D eigenvalue weighted by Gasteiger charge is 2.21. The summed E-state index contributed by atoms with van der Waals surface area (Å²) in [5, 5.41) is 1.27. The second-order valence-electron chi connectivity index (χ2n) is 8.19. The van der Waals surface area contributed by atoms with Crippen LogP contribution in [0.5, 0.6) is 0 Å². The number of H-pyrrole nitrogens is 1. The van der Waals surface area contributed by atoms with Crippen molar-refractivity contribution in [3.05, 3.63) is 82.3 Å². The van der Waals surface area contributed by atoms with Gasteiger partial charge in [-0.25, -0.2) is 0 Å². The van der Waals surface area contributed by atoms with Crippen LogP contribution in [0.25, 0.3) is 33.3 Å². The first-order valence-corrected chi connectivity index (χ1v) is 10.1. The Balaban J connectivity index is 2.13. The van der Waals surface area contributed by atoms with E-state index in [1.165, 1.54) is 38.9 Å². The van der Waals surface area contributed by atoms with Crippen LogP contribution in [0.3, 0.4) is 0 Å². The molecule has 3 aromatic carbocycles. The first-order chi connectivity index (χ1) is 12.9. The van der Waals surface area contributed by atoms with E-state index in [-0.39, 0.29) is 5.41 Å². The standard InChI is InChI=1S/C25H24BrN/c1-16-10-8-9-13-19(16)22-20-14-18(25(2,3)4)15-21(26)24(20)27-23(22)17-11-6-5-7-12-17/h5-15,27H,1-4H3. The number of hydrogen-bond donors (Lipinski definition) is 1. The highest BCUT2D eigenvalue weighted by atomic mass is 79.9. The van der Waals surface area contributed by atoms with Gasteiger partial charge in [0.05, 0.1) is 11.2 Å². The highest BCUT2D eigenvalue weighted by molar-refractivity contribution is 9.10. The quantitative estimate of drug-likeness (QED) is 0.341. The maximum atomic E-state index is 3.82. The second-order valence-corrected chi connectivity index (χ2v) is 9.04. The molecule has 136 valence electrons. The summed E-state index contributed by atoms with van der Waals surface area (Å²) in [5.41, 5.74) is 8.79. The van der Waals surface area contributed by atoms with Gasteiger partial charge in [-0.1, -0.05) is 75.4 Å². The van der Waals surface area contributed by atoms with E-state index in [1.807, 2.05) is 0 Å². The molecule has 1 nitrogen and oxygen atoms in total. The second kappa shape index (κ2) is 6.69. The zero-order chi connectivity index (χ0) is 19.2. The molecular weight excluding hydrogens is 394 g/mol. The molecule has 0 spiro atoms. The molecule has 0 atom stereocenters. The minimum atomic E-state index is 0.0872. The molecule has 0 fully saturated rings. The van der Waals surface area contributed by atoms with Crippen molar-refractivity contribution in [3.63, 3.8) is 0 Å². The van der Waals surface area contributed by atoms with Crippen molar-refractivity contribution in [3.8, 4) is 22.4 Å². The van der Waals surface area contributed by atoms with E-state index in [2.05, 4.69) is 115 Å². The van der Waals surface area contributed by atoms with Crippen LogP contribution in [0, 0.1) is 6.92 Å². The number of halogens is 1. The number of aromatic nitrogens is 1. The number of rotatable bonds is 2. The first-order valence-electron chi connectivity index (χ1n) is 9.33. The molecule has 0 aliphatic heterocycles. The molecule has 1 aromatic heterocycles. The summed E-state index contributed by atoms with van der Waals surface area (Å²) in [7, 11) is 0. The number of aromatic amines is 1. The molecule has 0 aliphatic carbocycles. The van der Waals surface area contributed by atoms with Gasteiger partial charge in [0.1, 0.15) is 0 Å². The van der Waals surface area contributed by atoms with Gasteiger partial charge in [-0.3, -0.25) is 0 Å². The number of aryl methyl sites for hydroxylation is 1. The van der Waals surface area contributed by atoms with Crippen molar-refractivity contribution in [1.29, 1.82) is 0 Å². The number of hydrogen-bond acceptors (Lipinski definition) is 0. The summed E-state index contributed by atoms with van der Waals surface area (Å²) in [6.07, 6.45) is 0. The Labute approximate surface area is 169 Å². The molecule has 1 heterocycles. The normalized spacial score (nSPS) is 11.9. The van der Waals surface area contributed by atoms with Crippen LogP contribution in [0.2, 0.25) is 0 Å². The van der Waals surface area contributed by atoms with Gasteiger partial charge in [-0.2, -0.15) is 0 Å². The molecule has 0 amide bonds. The summed E-state index contributed by atoms with van der Waals surface area (Å²) in [6, 6.07) is 23.8. The zero-order valence-electron chi connectivity index (χ0n) is 16.2.